The lowest BCUT2D eigenvalue weighted by atomic mass is 10.1. The van der Waals surface area contributed by atoms with E-state index in [9.17, 15) is 4.79 Å². The molecule has 0 fully saturated rings. The first-order valence-corrected chi connectivity index (χ1v) is 6.33. The highest BCUT2D eigenvalue weighted by atomic mass is 35.5. The maximum Gasteiger partial charge on any atom is 0.180 e. The zero-order valence-electron chi connectivity index (χ0n) is 10.4. The van der Waals surface area contributed by atoms with Crippen molar-refractivity contribution in [2.75, 3.05) is 0 Å². The topological polar surface area (TPSA) is 17.1 Å². The fraction of sp³-hybridized carbons (Fsp3) is 0.615. The first-order chi connectivity index (χ1) is 7.31. The number of rotatable bonds is 6. The van der Waals surface area contributed by atoms with Gasteiger partial charge < -0.3 is 0 Å². The minimum absolute atomic E-state index is 0.128. The predicted octanol–water partition coefficient (Wildman–Crippen LogP) is 4.89. The third-order valence-electron chi connectivity index (χ3n) is 1.80. The van der Waals surface area contributed by atoms with Gasteiger partial charge >= 0.3 is 0 Å². The predicted molar refractivity (Wildman–Crippen MR) is 71.8 cm³/mol. The molecule has 0 amide bonds. The van der Waals surface area contributed by atoms with Crippen molar-refractivity contribution in [2.24, 2.45) is 11.8 Å². The molecule has 0 N–H and O–H groups in total. The highest BCUT2D eigenvalue weighted by Crippen LogP contribution is 2.17. The molecular formula is C13H20Cl2O. The second-order valence-corrected chi connectivity index (χ2v) is 5.75. The summed E-state index contributed by atoms with van der Waals surface area (Å²) in [4.78, 5) is 11.5. The van der Waals surface area contributed by atoms with Crippen molar-refractivity contribution in [2.45, 2.75) is 40.5 Å². The van der Waals surface area contributed by atoms with Gasteiger partial charge in [-0.1, -0.05) is 50.9 Å². The number of carbonyl (C=O) groups excluding carboxylic acids is 1. The van der Waals surface area contributed by atoms with E-state index in [1.165, 1.54) is 12.2 Å². The normalized spacial score (nSPS) is 13.8. The number of allylic oxidation sites excluding steroid dienone is 4. The summed E-state index contributed by atoms with van der Waals surface area (Å²) < 4.78 is 0. The molecule has 3 heteroatoms. The summed E-state index contributed by atoms with van der Waals surface area (Å²) in [7, 11) is 0. The van der Waals surface area contributed by atoms with Crippen LogP contribution in [-0.2, 0) is 4.79 Å². The van der Waals surface area contributed by atoms with E-state index in [1.807, 2.05) is 0 Å². The lowest BCUT2D eigenvalue weighted by Crippen LogP contribution is -1.94. The van der Waals surface area contributed by atoms with Crippen LogP contribution in [0.5, 0.6) is 0 Å². The summed E-state index contributed by atoms with van der Waals surface area (Å²) in [6.45, 7) is 8.23. The molecule has 0 heterocycles. The van der Waals surface area contributed by atoms with Crippen molar-refractivity contribution in [1.82, 2.24) is 0 Å². The Kier molecular flexibility index (Phi) is 7.78. The molecule has 1 nitrogen and oxygen atoms in total. The molecule has 0 saturated heterocycles. The molecule has 0 atom stereocenters. The third kappa shape index (κ3) is 8.99. The van der Waals surface area contributed by atoms with E-state index in [4.69, 9.17) is 23.2 Å². The van der Waals surface area contributed by atoms with Crippen LogP contribution in [0, 0.1) is 11.8 Å². The average molecular weight is 263 g/mol. The fourth-order valence-corrected chi connectivity index (χ4v) is 2.08. The van der Waals surface area contributed by atoms with Crippen LogP contribution < -0.4 is 0 Å². The highest BCUT2D eigenvalue weighted by molar-refractivity contribution is 6.33. The summed E-state index contributed by atoms with van der Waals surface area (Å²) in [6.07, 6.45) is 4.35. The number of ketones is 1. The highest BCUT2D eigenvalue weighted by Gasteiger charge is 2.03. The van der Waals surface area contributed by atoms with E-state index in [0.717, 1.165) is 12.8 Å². The monoisotopic (exact) mass is 262 g/mol. The van der Waals surface area contributed by atoms with Gasteiger partial charge in [-0.15, -0.1) is 0 Å². The standard InChI is InChI=1S/C13H20Cl2O/c1-9(2)5-11(14)7-13(16)8-12(15)6-10(3)4/h7-10H,5-6H2,1-4H3. The molecule has 92 valence electrons. The summed E-state index contributed by atoms with van der Waals surface area (Å²) in [5, 5.41) is 1.18. The third-order valence-corrected chi connectivity index (χ3v) is 2.33. The van der Waals surface area contributed by atoms with Crippen molar-refractivity contribution >= 4 is 29.0 Å². The van der Waals surface area contributed by atoms with Gasteiger partial charge in [0.15, 0.2) is 5.78 Å². The summed E-state index contributed by atoms with van der Waals surface area (Å²) in [6, 6.07) is 0. The van der Waals surface area contributed by atoms with E-state index in [-0.39, 0.29) is 5.78 Å². The fourth-order valence-electron chi connectivity index (χ4n) is 1.25. The van der Waals surface area contributed by atoms with E-state index in [2.05, 4.69) is 27.7 Å². The van der Waals surface area contributed by atoms with Gasteiger partial charge in [0, 0.05) is 10.1 Å². The van der Waals surface area contributed by atoms with Gasteiger partial charge in [0.1, 0.15) is 0 Å². The smallest absolute Gasteiger partial charge is 0.180 e. The Hall–Kier alpha value is -0.270. The first kappa shape index (κ1) is 15.7. The van der Waals surface area contributed by atoms with Crippen molar-refractivity contribution in [1.29, 1.82) is 0 Å². The molecule has 0 saturated carbocycles. The molecule has 0 spiro atoms. The Labute approximate surface area is 109 Å². The number of carbonyl (C=O) groups is 1. The van der Waals surface area contributed by atoms with Gasteiger partial charge in [-0.2, -0.15) is 0 Å². The Morgan fingerprint density at radius 2 is 1.25 bits per heavy atom. The van der Waals surface area contributed by atoms with Crippen LogP contribution in [0.4, 0.5) is 0 Å². The quantitative estimate of drug-likeness (QED) is 0.623. The van der Waals surface area contributed by atoms with Crippen molar-refractivity contribution < 1.29 is 4.79 Å². The molecule has 0 radical (unpaired) electrons. The van der Waals surface area contributed by atoms with Crippen LogP contribution in [0.1, 0.15) is 40.5 Å². The Balaban J connectivity index is 4.36. The van der Waals surface area contributed by atoms with E-state index in [1.54, 1.807) is 0 Å². The lowest BCUT2D eigenvalue weighted by molar-refractivity contribution is -0.110. The van der Waals surface area contributed by atoms with Gasteiger partial charge in [-0.05, 0) is 36.8 Å². The Morgan fingerprint density at radius 3 is 1.50 bits per heavy atom. The molecule has 0 aliphatic carbocycles. The van der Waals surface area contributed by atoms with Crippen LogP contribution in [0.15, 0.2) is 22.2 Å². The van der Waals surface area contributed by atoms with Crippen LogP contribution in [-0.4, -0.2) is 5.78 Å². The van der Waals surface area contributed by atoms with E-state index in [0.29, 0.717) is 21.9 Å². The average Bonchev–Trinajstić information content (AvgIpc) is 1.97. The van der Waals surface area contributed by atoms with Gasteiger partial charge in [-0.25, -0.2) is 0 Å². The van der Waals surface area contributed by atoms with Crippen LogP contribution >= 0.6 is 23.2 Å². The van der Waals surface area contributed by atoms with Gasteiger partial charge in [0.2, 0.25) is 0 Å². The second-order valence-electron chi connectivity index (χ2n) is 4.78. The first-order valence-electron chi connectivity index (χ1n) is 5.57. The van der Waals surface area contributed by atoms with Gasteiger partial charge in [0.05, 0.1) is 0 Å². The van der Waals surface area contributed by atoms with Gasteiger partial charge in [-0.3, -0.25) is 4.79 Å². The van der Waals surface area contributed by atoms with E-state index >= 15 is 0 Å². The van der Waals surface area contributed by atoms with Crippen LogP contribution in [0.3, 0.4) is 0 Å². The minimum Gasteiger partial charge on any atom is -0.290 e. The number of halogens is 2. The van der Waals surface area contributed by atoms with E-state index < -0.39 is 0 Å². The molecule has 16 heavy (non-hydrogen) atoms. The number of hydrogen-bond donors (Lipinski definition) is 0. The molecule has 0 aromatic rings. The zero-order valence-corrected chi connectivity index (χ0v) is 11.9. The van der Waals surface area contributed by atoms with Crippen LogP contribution in [0.25, 0.3) is 0 Å². The lowest BCUT2D eigenvalue weighted by Gasteiger charge is -2.02. The second kappa shape index (κ2) is 7.92. The molecule has 0 bridgehead atoms. The summed E-state index contributed by atoms with van der Waals surface area (Å²) in [5.41, 5.74) is 0. The molecule has 0 unspecified atom stereocenters. The molecule has 0 aliphatic heterocycles. The zero-order chi connectivity index (χ0) is 12.7. The van der Waals surface area contributed by atoms with Gasteiger partial charge in [0.25, 0.3) is 0 Å². The van der Waals surface area contributed by atoms with Crippen LogP contribution in [0.2, 0.25) is 0 Å². The summed E-state index contributed by atoms with van der Waals surface area (Å²) in [5.74, 6) is 0.773. The molecule has 0 aliphatic rings. The minimum atomic E-state index is -0.128. The SMILES string of the molecule is CC(C)CC(Cl)=CC(=O)C=C(Cl)CC(C)C. The maximum absolute atomic E-state index is 11.5. The van der Waals surface area contributed by atoms with Crippen molar-refractivity contribution in [3.8, 4) is 0 Å². The Morgan fingerprint density at radius 1 is 0.938 bits per heavy atom. The van der Waals surface area contributed by atoms with Crippen molar-refractivity contribution in [3.63, 3.8) is 0 Å². The maximum atomic E-state index is 11.5. The summed E-state index contributed by atoms with van der Waals surface area (Å²) >= 11 is 11.9. The molecule has 0 rings (SSSR count). The molecule has 0 aromatic carbocycles. The molecule has 0 aromatic heterocycles. The molecular weight excluding hydrogens is 243 g/mol. The largest absolute Gasteiger partial charge is 0.290 e. The number of hydrogen-bond acceptors (Lipinski definition) is 1. The Bertz CT molecular complexity index is 260. The van der Waals surface area contributed by atoms with Crippen molar-refractivity contribution in [3.05, 3.63) is 22.2 Å².